The van der Waals surface area contributed by atoms with E-state index in [4.69, 9.17) is 0 Å². The molecule has 1 aliphatic heterocycles. The minimum Gasteiger partial charge on any atom is -0.387 e. The molecule has 1 aliphatic rings. The number of nitrogens with zero attached hydrogens (tertiary/aromatic N) is 1. The molecular weight excluding hydrogens is 290 g/mol. The fraction of sp³-hybridized carbons (Fsp3) is 0.500. The van der Waals surface area contributed by atoms with Crippen LogP contribution in [0.1, 0.15) is 6.42 Å². The Morgan fingerprint density at radius 3 is 2.74 bits per heavy atom. The third-order valence-corrected chi connectivity index (χ3v) is 6.21. The first-order chi connectivity index (χ1) is 8.84. The molecule has 0 saturated carbocycles. The van der Waals surface area contributed by atoms with Crippen LogP contribution in [-0.4, -0.2) is 46.4 Å². The van der Waals surface area contributed by atoms with Gasteiger partial charge in [0.2, 0.25) is 10.0 Å². The van der Waals surface area contributed by atoms with Gasteiger partial charge in [-0.2, -0.15) is 0 Å². The lowest BCUT2D eigenvalue weighted by Gasteiger charge is -2.13. The Bertz CT molecular complexity index is 670. The summed E-state index contributed by atoms with van der Waals surface area (Å²) in [5.41, 5.74) is 0.420. The molecule has 1 saturated heterocycles. The van der Waals surface area contributed by atoms with Gasteiger partial charge in [0, 0.05) is 25.5 Å². The highest BCUT2D eigenvalue weighted by molar-refractivity contribution is 7.92. The van der Waals surface area contributed by atoms with Crippen LogP contribution in [-0.2, 0) is 19.9 Å². The van der Waals surface area contributed by atoms with Crippen molar-refractivity contribution in [1.29, 1.82) is 0 Å². The number of pyridine rings is 1. The molecule has 0 amide bonds. The maximum Gasteiger partial charge on any atom is 0.244 e. The van der Waals surface area contributed by atoms with Crippen molar-refractivity contribution < 1.29 is 16.8 Å². The molecule has 9 heteroatoms. The van der Waals surface area contributed by atoms with Crippen LogP contribution in [0.5, 0.6) is 0 Å². The largest absolute Gasteiger partial charge is 0.387 e. The number of sulfone groups is 1. The Hall–Kier alpha value is -1.19. The molecule has 7 nitrogen and oxygen atoms in total. The minimum atomic E-state index is -3.78. The van der Waals surface area contributed by atoms with Gasteiger partial charge in [-0.15, -0.1) is 0 Å². The second kappa shape index (κ2) is 5.06. The lowest BCUT2D eigenvalue weighted by atomic mass is 10.3. The van der Waals surface area contributed by atoms with Crippen molar-refractivity contribution in [3.63, 3.8) is 0 Å². The summed E-state index contributed by atoms with van der Waals surface area (Å²) in [5.74, 6) is -0.131. The first kappa shape index (κ1) is 14.2. The number of nitrogens with one attached hydrogen (secondary N) is 2. The van der Waals surface area contributed by atoms with Crippen LogP contribution < -0.4 is 10.0 Å². The molecule has 2 N–H and O–H groups in total. The molecule has 1 unspecified atom stereocenters. The van der Waals surface area contributed by atoms with E-state index in [0.717, 1.165) is 0 Å². The normalized spacial score (nSPS) is 22.3. The first-order valence-corrected chi connectivity index (χ1v) is 8.99. The second-order valence-electron chi connectivity index (χ2n) is 4.34. The maximum atomic E-state index is 12.2. The highest BCUT2D eigenvalue weighted by Crippen LogP contribution is 2.21. The summed E-state index contributed by atoms with van der Waals surface area (Å²) in [6, 6.07) is 0.972. The molecule has 0 aliphatic carbocycles. The number of hydrogen-bond donors (Lipinski definition) is 2. The van der Waals surface area contributed by atoms with E-state index in [1.807, 2.05) is 0 Å². The third kappa shape index (κ3) is 3.23. The molecule has 0 radical (unpaired) electrons. The fourth-order valence-electron chi connectivity index (χ4n) is 1.97. The van der Waals surface area contributed by atoms with E-state index in [-0.39, 0.29) is 16.4 Å². The first-order valence-electron chi connectivity index (χ1n) is 5.68. The summed E-state index contributed by atoms with van der Waals surface area (Å²) in [6.07, 6.45) is 3.01. The highest BCUT2D eigenvalue weighted by Gasteiger charge is 2.32. The monoisotopic (exact) mass is 305 g/mol. The lowest BCUT2D eigenvalue weighted by molar-refractivity contribution is 0.562. The quantitative estimate of drug-likeness (QED) is 0.783. The molecule has 2 heterocycles. The van der Waals surface area contributed by atoms with E-state index in [1.165, 1.54) is 12.4 Å². The fourth-order valence-corrected chi connectivity index (χ4v) is 5.18. The third-order valence-electron chi connectivity index (χ3n) is 2.90. The SMILES string of the molecule is CNc1ccncc1S(=O)(=O)NC1CCS(=O)(=O)C1. The topological polar surface area (TPSA) is 105 Å². The van der Waals surface area contributed by atoms with Crippen LogP contribution in [0.2, 0.25) is 0 Å². The summed E-state index contributed by atoms with van der Waals surface area (Å²) in [7, 11) is -5.29. The Morgan fingerprint density at radius 2 is 2.16 bits per heavy atom. The molecular formula is C10H15N3O4S2. The van der Waals surface area contributed by atoms with Gasteiger partial charge in [0.1, 0.15) is 4.90 Å². The van der Waals surface area contributed by atoms with Crippen LogP contribution in [0.15, 0.2) is 23.4 Å². The maximum absolute atomic E-state index is 12.2. The van der Waals surface area contributed by atoms with Crippen LogP contribution in [0, 0.1) is 0 Å². The minimum absolute atomic E-state index is 0.0156. The number of anilines is 1. The Labute approximate surface area is 112 Å². The molecule has 0 bridgehead atoms. The summed E-state index contributed by atoms with van der Waals surface area (Å²) in [5, 5.41) is 2.77. The summed E-state index contributed by atoms with van der Waals surface area (Å²) >= 11 is 0. The Morgan fingerprint density at radius 1 is 1.42 bits per heavy atom. The van der Waals surface area contributed by atoms with Gasteiger partial charge < -0.3 is 5.32 Å². The van der Waals surface area contributed by atoms with Gasteiger partial charge in [-0.05, 0) is 12.5 Å². The van der Waals surface area contributed by atoms with E-state index in [9.17, 15) is 16.8 Å². The molecule has 1 aromatic rings. The molecule has 1 atom stereocenters. The van der Waals surface area contributed by atoms with E-state index >= 15 is 0 Å². The van der Waals surface area contributed by atoms with Crippen LogP contribution >= 0.6 is 0 Å². The number of rotatable bonds is 4. The standard InChI is InChI=1S/C10H15N3O4S2/c1-11-9-2-4-12-6-10(9)19(16,17)13-8-3-5-18(14,15)7-8/h2,4,6,8,13H,3,5,7H2,1H3,(H,11,12). The van der Waals surface area contributed by atoms with Crippen molar-refractivity contribution in [3.05, 3.63) is 18.5 Å². The lowest BCUT2D eigenvalue weighted by Crippen LogP contribution is -2.35. The summed E-state index contributed by atoms with van der Waals surface area (Å²) in [4.78, 5) is 3.80. The van der Waals surface area contributed by atoms with Gasteiger partial charge in [-0.1, -0.05) is 0 Å². The molecule has 2 rings (SSSR count). The zero-order chi connectivity index (χ0) is 14.1. The van der Waals surface area contributed by atoms with E-state index < -0.39 is 25.9 Å². The second-order valence-corrected chi connectivity index (χ2v) is 8.25. The van der Waals surface area contributed by atoms with Crippen LogP contribution in [0.4, 0.5) is 5.69 Å². The average Bonchev–Trinajstić information content (AvgIpc) is 2.67. The van der Waals surface area contributed by atoms with Crippen molar-refractivity contribution in [2.75, 3.05) is 23.9 Å². The molecule has 0 spiro atoms. The van der Waals surface area contributed by atoms with Gasteiger partial charge in [0.15, 0.2) is 9.84 Å². The van der Waals surface area contributed by atoms with E-state index in [1.54, 1.807) is 13.1 Å². The highest BCUT2D eigenvalue weighted by atomic mass is 32.2. The smallest absolute Gasteiger partial charge is 0.244 e. The average molecular weight is 305 g/mol. The zero-order valence-corrected chi connectivity index (χ0v) is 12.0. The van der Waals surface area contributed by atoms with Gasteiger partial charge in [-0.25, -0.2) is 21.6 Å². The summed E-state index contributed by atoms with van der Waals surface area (Å²) < 4.78 is 49.5. The Kier molecular flexibility index (Phi) is 3.79. The summed E-state index contributed by atoms with van der Waals surface area (Å²) in [6.45, 7) is 0. The molecule has 19 heavy (non-hydrogen) atoms. The van der Waals surface area contributed by atoms with E-state index in [0.29, 0.717) is 12.1 Å². The van der Waals surface area contributed by atoms with Crippen LogP contribution in [0.3, 0.4) is 0 Å². The van der Waals surface area contributed by atoms with Gasteiger partial charge in [-0.3, -0.25) is 4.98 Å². The van der Waals surface area contributed by atoms with Crippen molar-refractivity contribution >= 4 is 25.5 Å². The molecule has 106 valence electrons. The van der Waals surface area contributed by atoms with Crippen LogP contribution in [0.25, 0.3) is 0 Å². The van der Waals surface area contributed by atoms with Crippen molar-refractivity contribution in [2.45, 2.75) is 17.4 Å². The molecule has 1 aromatic heterocycles. The van der Waals surface area contributed by atoms with Gasteiger partial charge in [0.05, 0.1) is 17.2 Å². The number of hydrogen-bond acceptors (Lipinski definition) is 6. The van der Waals surface area contributed by atoms with Crippen molar-refractivity contribution in [2.24, 2.45) is 0 Å². The molecule has 1 fully saturated rings. The number of sulfonamides is 1. The molecule has 0 aromatic carbocycles. The van der Waals surface area contributed by atoms with E-state index in [2.05, 4.69) is 15.0 Å². The predicted octanol–water partition coefficient (Wildman–Crippen LogP) is -0.411. The Balaban J connectivity index is 2.24. The zero-order valence-electron chi connectivity index (χ0n) is 10.3. The number of aromatic nitrogens is 1. The van der Waals surface area contributed by atoms with Gasteiger partial charge in [0.25, 0.3) is 0 Å². The van der Waals surface area contributed by atoms with Crippen molar-refractivity contribution in [1.82, 2.24) is 9.71 Å². The van der Waals surface area contributed by atoms with Gasteiger partial charge >= 0.3 is 0 Å². The van der Waals surface area contributed by atoms with Crippen molar-refractivity contribution in [3.8, 4) is 0 Å². The predicted molar refractivity (Wildman–Crippen MR) is 71.2 cm³/mol.